The van der Waals surface area contributed by atoms with Gasteiger partial charge >= 0.3 is 0 Å². The molecule has 1 rings (SSSR count). The van der Waals surface area contributed by atoms with Crippen molar-refractivity contribution in [3.8, 4) is 0 Å². The maximum absolute atomic E-state index is 8.87. The third kappa shape index (κ3) is 3.64. The lowest BCUT2D eigenvalue weighted by atomic mass is 10.1. The van der Waals surface area contributed by atoms with Gasteiger partial charge in [-0.15, -0.1) is 0 Å². The number of allylic oxidation sites excluding steroid dienone is 1. The highest BCUT2D eigenvalue weighted by Gasteiger charge is 1.92. The molecule has 0 atom stereocenters. The Balaban J connectivity index is 2.72. The Morgan fingerprint density at radius 3 is 2.50 bits per heavy atom. The molecule has 1 aromatic carbocycles. The summed E-state index contributed by atoms with van der Waals surface area (Å²) < 4.78 is 0. The minimum Gasteiger partial charge on any atom is -0.392 e. The first-order valence-corrected chi connectivity index (χ1v) is 5.81. The van der Waals surface area contributed by atoms with Crippen molar-refractivity contribution in [1.29, 1.82) is 0 Å². The van der Waals surface area contributed by atoms with E-state index in [-0.39, 0.29) is 6.61 Å². The average Bonchev–Trinajstić information content (AvgIpc) is 2.19. The zero-order chi connectivity index (χ0) is 10.4. The van der Waals surface area contributed by atoms with Gasteiger partial charge in [-0.1, -0.05) is 51.8 Å². The minimum atomic E-state index is 0.115. The summed E-state index contributed by atoms with van der Waals surface area (Å²) >= 11 is 3.41. The van der Waals surface area contributed by atoms with Gasteiger partial charge in [-0.3, -0.25) is 0 Å². The molecule has 2 heteroatoms. The van der Waals surface area contributed by atoms with Crippen LogP contribution in [0.25, 0.3) is 6.08 Å². The normalized spacial score (nSPS) is 11.8. The van der Waals surface area contributed by atoms with Crippen LogP contribution in [0.1, 0.15) is 24.5 Å². The van der Waals surface area contributed by atoms with Gasteiger partial charge in [0, 0.05) is 5.33 Å². The SMILES string of the molecule is C/C(=C\c1ccc(CO)cc1)CCBr. The minimum absolute atomic E-state index is 0.115. The van der Waals surface area contributed by atoms with Gasteiger partial charge in [0.05, 0.1) is 6.61 Å². The van der Waals surface area contributed by atoms with E-state index < -0.39 is 0 Å². The molecule has 0 aliphatic carbocycles. The number of aliphatic hydroxyl groups is 1. The van der Waals surface area contributed by atoms with Crippen LogP contribution in [0.4, 0.5) is 0 Å². The fourth-order valence-corrected chi connectivity index (χ4v) is 1.85. The van der Waals surface area contributed by atoms with Crippen LogP contribution in [0.15, 0.2) is 29.8 Å². The van der Waals surface area contributed by atoms with Gasteiger partial charge in [-0.05, 0) is 24.5 Å². The van der Waals surface area contributed by atoms with Gasteiger partial charge in [0.25, 0.3) is 0 Å². The predicted octanol–water partition coefficient (Wildman–Crippen LogP) is 3.37. The molecule has 0 saturated heterocycles. The van der Waals surface area contributed by atoms with Crippen molar-refractivity contribution in [2.24, 2.45) is 0 Å². The van der Waals surface area contributed by atoms with E-state index in [1.807, 2.05) is 24.3 Å². The van der Waals surface area contributed by atoms with Crippen LogP contribution in [0, 0.1) is 0 Å². The Labute approximate surface area is 93.6 Å². The maximum atomic E-state index is 8.87. The number of aliphatic hydroxyl groups excluding tert-OH is 1. The van der Waals surface area contributed by atoms with Crippen LogP contribution < -0.4 is 0 Å². The van der Waals surface area contributed by atoms with Crippen LogP contribution in [0.2, 0.25) is 0 Å². The third-order valence-electron chi connectivity index (χ3n) is 2.06. The Hall–Kier alpha value is -0.600. The number of rotatable bonds is 4. The van der Waals surface area contributed by atoms with Crippen LogP contribution in [0.3, 0.4) is 0 Å². The molecule has 0 radical (unpaired) electrons. The van der Waals surface area contributed by atoms with Gasteiger partial charge < -0.3 is 5.11 Å². The van der Waals surface area contributed by atoms with Crippen molar-refractivity contribution in [3.05, 3.63) is 41.0 Å². The van der Waals surface area contributed by atoms with E-state index in [9.17, 15) is 0 Å². The summed E-state index contributed by atoms with van der Waals surface area (Å²) in [6.07, 6.45) is 3.24. The summed E-state index contributed by atoms with van der Waals surface area (Å²) in [7, 11) is 0. The number of hydrogen-bond acceptors (Lipinski definition) is 1. The predicted molar refractivity (Wildman–Crippen MR) is 64.4 cm³/mol. The summed E-state index contributed by atoms with van der Waals surface area (Å²) in [5.74, 6) is 0. The lowest BCUT2D eigenvalue weighted by molar-refractivity contribution is 0.282. The Kier molecular flexibility index (Phi) is 4.91. The van der Waals surface area contributed by atoms with E-state index in [1.54, 1.807) is 0 Å². The highest BCUT2D eigenvalue weighted by molar-refractivity contribution is 9.09. The summed E-state index contributed by atoms with van der Waals surface area (Å²) in [4.78, 5) is 0. The van der Waals surface area contributed by atoms with E-state index in [0.29, 0.717) is 0 Å². The van der Waals surface area contributed by atoms with E-state index in [0.717, 1.165) is 17.3 Å². The Morgan fingerprint density at radius 1 is 1.36 bits per heavy atom. The van der Waals surface area contributed by atoms with E-state index >= 15 is 0 Å². The number of benzene rings is 1. The molecular formula is C12H15BrO. The third-order valence-corrected chi connectivity index (χ3v) is 2.46. The van der Waals surface area contributed by atoms with Gasteiger partial charge in [0.1, 0.15) is 0 Å². The van der Waals surface area contributed by atoms with Gasteiger partial charge in [0.15, 0.2) is 0 Å². The summed E-state index contributed by atoms with van der Waals surface area (Å²) in [6.45, 7) is 2.24. The molecule has 0 saturated carbocycles. The lowest BCUT2D eigenvalue weighted by Crippen LogP contribution is -1.83. The van der Waals surface area contributed by atoms with Crippen molar-refractivity contribution in [2.75, 3.05) is 5.33 Å². The fraction of sp³-hybridized carbons (Fsp3) is 0.333. The van der Waals surface area contributed by atoms with E-state index in [1.165, 1.54) is 11.1 Å². The van der Waals surface area contributed by atoms with Crippen molar-refractivity contribution in [1.82, 2.24) is 0 Å². The second-order valence-electron chi connectivity index (χ2n) is 3.33. The van der Waals surface area contributed by atoms with Crippen LogP contribution >= 0.6 is 15.9 Å². The topological polar surface area (TPSA) is 20.2 Å². The zero-order valence-electron chi connectivity index (χ0n) is 8.33. The highest BCUT2D eigenvalue weighted by Crippen LogP contribution is 2.11. The van der Waals surface area contributed by atoms with Gasteiger partial charge in [0.2, 0.25) is 0 Å². The first kappa shape index (κ1) is 11.5. The molecular weight excluding hydrogens is 240 g/mol. The Bertz CT molecular complexity index is 301. The van der Waals surface area contributed by atoms with Crippen molar-refractivity contribution < 1.29 is 5.11 Å². The molecule has 0 aliphatic rings. The molecule has 0 amide bonds. The Morgan fingerprint density at radius 2 is 2.00 bits per heavy atom. The van der Waals surface area contributed by atoms with Gasteiger partial charge in [-0.25, -0.2) is 0 Å². The molecule has 0 bridgehead atoms. The molecule has 14 heavy (non-hydrogen) atoms. The number of alkyl halides is 1. The van der Waals surface area contributed by atoms with Crippen LogP contribution in [0.5, 0.6) is 0 Å². The molecule has 0 aromatic heterocycles. The monoisotopic (exact) mass is 254 g/mol. The van der Waals surface area contributed by atoms with Crippen molar-refractivity contribution >= 4 is 22.0 Å². The molecule has 1 nitrogen and oxygen atoms in total. The quantitative estimate of drug-likeness (QED) is 0.818. The van der Waals surface area contributed by atoms with E-state index in [2.05, 4.69) is 28.9 Å². The fourth-order valence-electron chi connectivity index (χ4n) is 1.23. The van der Waals surface area contributed by atoms with E-state index in [4.69, 9.17) is 5.11 Å². The summed E-state index contributed by atoms with van der Waals surface area (Å²) in [5.41, 5.74) is 3.51. The van der Waals surface area contributed by atoms with Gasteiger partial charge in [-0.2, -0.15) is 0 Å². The standard InChI is InChI=1S/C12H15BrO/c1-10(6-7-13)8-11-2-4-12(9-14)5-3-11/h2-5,8,14H,6-7,9H2,1H3/b10-8+. The number of hydrogen-bond donors (Lipinski definition) is 1. The second kappa shape index (κ2) is 5.99. The molecule has 0 fully saturated rings. The summed E-state index contributed by atoms with van der Waals surface area (Å²) in [5, 5.41) is 9.88. The molecule has 0 unspecified atom stereocenters. The van der Waals surface area contributed by atoms with Crippen LogP contribution in [-0.4, -0.2) is 10.4 Å². The molecule has 0 aliphatic heterocycles. The first-order valence-electron chi connectivity index (χ1n) is 4.69. The first-order chi connectivity index (χ1) is 6.76. The number of halogens is 1. The summed E-state index contributed by atoms with van der Waals surface area (Å²) in [6, 6.07) is 7.97. The second-order valence-corrected chi connectivity index (χ2v) is 4.12. The average molecular weight is 255 g/mol. The maximum Gasteiger partial charge on any atom is 0.0681 e. The highest BCUT2D eigenvalue weighted by atomic mass is 79.9. The largest absolute Gasteiger partial charge is 0.392 e. The molecule has 76 valence electrons. The molecule has 1 N–H and O–H groups in total. The lowest BCUT2D eigenvalue weighted by Gasteiger charge is -2.00. The molecule has 0 heterocycles. The zero-order valence-corrected chi connectivity index (χ0v) is 9.92. The van der Waals surface area contributed by atoms with Crippen LogP contribution in [-0.2, 0) is 6.61 Å². The van der Waals surface area contributed by atoms with Crippen molar-refractivity contribution in [2.45, 2.75) is 20.0 Å². The smallest absolute Gasteiger partial charge is 0.0681 e. The van der Waals surface area contributed by atoms with Crippen molar-refractivity contribution in [3.63, 3.8) is 0 Å². The molecule has 1 aromatic rings. The molecule has 0 spiro atoms.